The quantitative estimate of drug-likeness (QED) is 0.402. The highest BCUT2D eigenvalue weighted by atomic mass is 32.2. The molecule has 1 amide bonds. The SMILES string of the molecule is COc1ccc(S(=O)(=O)NCC(=O)N/N=C\c2cccc(OC)c2O)cc1OC. The van der Waals surface area contributed by atoms with Crippen molar-refractivity contribution < 1.29 is 32.5 Å². The molecule has 0 saturated heterocycles. The normalized spacial score (nSPS) is 11.3. The zero-order valence-corrected chi connectivity index (χ0v) is 16.8. The minimum Gasteiger partial charge on any atom is -0.504 e. The van der Waals surface area contributed by atoms with Crippen LogP contribution in [0.4, 0.5) is 0 Å². The Kier molecular flexibility index (Phi) is 7.39. The number of nitrogens with one attached hydrogen (secondary N) is 2. The second-order valence-corrected chi connectivity index (χ2v) is 7.30. The predicted octanol–water partition coefficient (Wildman–Crippen LogP) is 0.847. The van der Waals surface area contributed by atoms with Crippen LogP contribution in [-0.4, -0.2) is 53.5 Å². The van der Waals surface area contributed by atoms with Gasteiger partial charge in [0.15, 0.2) is 23.0 Å². The number of carbonyl (C=O) groups is 1. The van der Waals surface area contributed by atoms with E-state index in [0.717, 1.165) is 0 Å². The van der Waals surface area contributed by atoms with E-state index < -0.39 is 22.5 Å². The first-order valence-corrected chi connectivity index (χ1v) is 9.70. The molecule has 0 atom stereocenters. The molecule has 0 spiro atoms. The second-order valence-electron chi connectivity index (χ2n) is 5.53. The van der Waals surface area contributed by atoms with Crippen LogP contribution >= 0.6 is 0 Å². The Labute approximate surface area is 168 Å². The summed E-state index contributed by atoms with van der Waals surface area (Å²) in [6.07, 6.45) is 1.21. The van der Waals surface area contributed by atoms with Gasteiger partial charge in [0, 0.05) is 11.6 Å². The molecule has 0 aliphatic heterocycles. The number of aromatic hydroxyl groups is 1. The van der Waals surface area contributed by atoms with E-state index in [2.05, 4.69) is 15.2 Å². The maximum atomic E-state index is 12.3. The summed E-state index contributed by atoms with van der Waals surface area (Å²) in [4.78, 5) is 11.8. The van der Waals surface area contributed by atoms with E-state index in [1.165, 1.54) is 45.7 Å². The fourth-order valence-corrected chi connectivity index (χ4v) is 3.25. The Morgan fingerprint density at radius 1 is 1.07 bits per heavy atom. The molecule has 2 aromatic carbocycles. The summed E-state index contributed by atoms with van der Waals surface area (Å²) in [5.41, 5.74) is 2.48. The van der Waals surface area contributed by atoms with Crippen molar-refractivity contribution >= 4 is 22.1 Å². The van der Waals surface area contributed by atoms with E-state index in [-0.39, 0.29) is 22.1 Å². The largest absolute Gasteiger partial charge is 0.504 e. The average molecular weight is 423 g/mol. The maximum Gasteiger partial charge on any atom is 0.255 e. The zero-order chi connectivity index (χ0) is 21.4. The Morgan fingerprint density at radius 2 is 1.76 bits per heavy atom. The standard InChI is InChI=1S/C18H21N3O7S/c1-26-14-8-7-13(9-16(14)28-3)29(24,25)20-11-17(22)21-19-10-12-5-4-6-15(27-2)18(12)23/h4-10,20,23H,11H2,1-3H3,(H,21,22)/b19-10-. The Hall–Kier alpha value is -3.31. The highest BCUT2D eigenvalue weighted by Crippen LogP contribution is 2.29. The van der Waals surface area contributed by atoms with Gasteiger partial charge >= 0.3 is 0 Å². The van der Waals surface area contributed by atoms with Gasteiger partial charge in [-0.2, -0.15) is 5.10 Å². The fourth-order valence-electron chi connectivity index (χ4n) is 2.25. The fraction of sp³-hybridized carbons (Fsp3) is 0.222. The van der Waals surface area contributed by atoms with Crippen molar-refractivity contribution in [1.29, 1.82) is 0 Å². The van der Waals surface area contributed by atoms with E-state index in [1.807, 2.05) is 0 Å². The van der Waals surface area contributed by atoms with Crippen LogP contribution in [0.5, 0.6) is 23.0 Å². The lowest BCUT2D eigenvalue weighted by Crippen LogP contribution is -2.34. The van der Waals surface area contributed by atoms with Crippen molar-refractivity contribution in [2.24, 2.45) is 5.10 Å². The number of hydrogen-bond donors (Lipinski definition) is 3. The molecule has 156 valence electrons. The number of methoxy groups -OCH3 is 3. The summed E-state index contributed by atoms with van der Waals surface area (Å²) in [5.74, 6) is 0.0275. The third-order valence-corrected chi connectivity index (χ3v) is 5.13. The van der Waals surface area contributed by atoms with Crippen LogP contribution in [0, 0.1) is 0 Å². The average Bonchev–Trinajstić information content (AvgIpc) is 2.73. The van der Waals surface area contributed by atoms with Crippen molar-refractivity contribution in [3.8, 4) is 23.0 Å². The first-order chi connectivity index (χ1) is 13.8. The number of nitrogens with zero attached hydrogens (tertiary/aromatic N) is 1. The molecule has 0 heterocycles. The highest BCUT2D eigenvalue weighted by molar-refractivity contribution is 7.89. The van der Waals surface area contributed by atoms with E-state index in [9.17, 15) is 18.3 Å². The van der Waals surface area contributed by atoms with Crippen molar-refractivity contribution in [2.45, 2.75) is 4.90 Å². The third-order valence-electron chi connectivity index (χ3n) is 3.73. The van der Waals surface area contributed by atoms with Crippen molar-refractivity contribution in [1.82, 2.24) is 10.1 Å². The Balaban J connectivity index is 1.98. The van der Waals surface area contributed by atoms with E-state index in [4.69, 9.17) is 14.2 Å². The summed E-state index contributed by atoms with van der Waals surface area (Å²) in [7, 11) is 0.258. The van der Waals surface area contributed by atoms with Crippen molar-refractivity contribution in [2.75, 3.05) is 27.9 Å². The first-order valence-electron chi connectivity index (χ1n) is 8.22. The van der Waals surface area contributed by atoms with Crippen LogP contribution < -0.4 is 24.4 Å². The number of hydrazone groups is 1. The molecule has 2 rings (SSSR count). The molecule has 29 heavy (non-hydrogen) atoms. The molecule has 10 nitrogen and oxygen atoms in total. The molecule has 0 aliphatic rings. The van der Waals surface area contributed by atoms with Gasteiger partial charge in [-0.3, -0.25) is 4.79 Å². The van der Waals surface area contributed by atoms with Gasteiger partial charge in [-0.15, -0.1) is 0 Å². The van der Waals surface area contributed by atoms with Gasteiger partial charge in [0.2, 0.25) is 10.0 Å². The smallest absolute Gasteiger partial charge is 0.255 e. The van der Waals surface area contributed by atoms with E-state index >= 15 is 0 Å². The maximum absolute atomic E-state index is 12.3. The lowest BCUT2D eigenvalue weighted by molar-refractivity contribution is -0.119. The van der Waals surface area contributed by atoms with Crippen molar-refractivity contribution in [3.63, 3.8) is 0 Å². The van der Waals surface area contributed by atoms with Gasteiger partial charge < -0.3 is 19.3 Å². The minimum absolute atomic E-state index is 0.0900. The molecular weight excluding hydrogens is 402 g/mol. The first kappa shape index (κ1) is 22.0. The molecule has 3 N–H and O–H groups in total. The molecule has 0 aliphatic carbocycles. The van der Waals surface area contributed by atoms with E-state index in [1.54, 1.807) is 18.2 Å². The zero-order valence-electron chi connectivity index (χ0n) is 16.0. The number of ether oxygens (including phenoxy) is 3. The molecule has 0 fully saturated rings. The van der Waals surface area contributed by atoms with Crippen molar-refractivity contribution in [3.05, 3.63) is 42.0 Å². The summed E-state index contributed by atoms with van der Waals surface area (Å²) in [6, 6.07) is 8.81. The number of hydrogen-bond acceptors (Lipinski definition) is 8. The second kappa shape index (κ2) is 9.75. The highest BCUT2D eigenvalue weighted by Gasteiger charge is 2.18. The molecule has 11 heteroatoms. The summed E-state index contributed by atoms with van der Waals surface area (Å²) >= 11 is 0. The lowest BCUT2D eigenvalue weighted by Gasteiger charge is -2.10. The number of para-hydroxylation sites is 1. The van der Waals surface area contributed by atoms with Gasteiger partial charge in [-0.1, -0.05) is 6.07 Å². The predicted molar refractivity (Wildman–Crippen MR) is 105 cm³/mol. The number of sulfonamides is 1. The van der Waals surface area contributed by atoms with Gasteiger partial charge in [-0.25, -0.2) is 18.6 Å². The van der Waals surface area contributed by atoms with Crippen LogP contribution in [-0.2, 0) is 14.8 Å². The molecule has 2 aromatic rings. The molecule has 0 unspecified atom stereocenters. The summed E-state index contributed by atoms with van der Waals surface area (Å²) in [5, 5.41) is 13.6. The third kappa shape index (κ3) is 5.59. The number of phenolic OH excluding ortho intramolecular Hbond substituents is 1. The Morgan fingerprint density at radius 3 is 2.41 bits per heavy atom. The minimum atomic E-state index is -3.96. The van der Waals surface area contributed by atoms with Gasteiger partial charge in [0.25, 0.3) is 5.91 Å². The monoisotopic (exact) mass is 423 g/mol. The molecule has 0 saturated carbocycles. The number of amides is 1. The van der Waals surface area contributed by atoms with Gasteiger partial charge in [-0.05, 0) is 24.3 Å². The molecule has 0 aromatic heterocycles. The van der Waals surface area contributed by atoms with Crippen LogP contribution in [0.15, 0.2) is 46.4 Å². The number of carbonyl (C=O) groups excluding carboxylic acids is 1. The molecule has 0 radical (unpaired) electrons. The number of phenols is 1. The molecule has 0 bridgehead atoms. The van der Waals surface area contributed by atoms with Crippen LogP contribution in [0.2, 0.25) is 0 Å². The van der Waals surface area contributed by atoms with Crippen LogP contribution in [0.25, 0.3) is 0 Å². The lowest BCUT2D eigenvalue weighted by atomic mass is 10.2. The number of rotatable bonds is 9. The van der Waals surface area contributed by atoms with Gasteiger partial charge in [0.1, 0.15) is 0 Å². The topological polar surface area (TPSA) is 136 Å². The Bertz CT molecular complexity index is 1010. The molecular formula is C18H21N3O7S. The van der Waals surface area contributed by atoms with E-state index in [0.29, 0.717) is 11.3 Å². The van der Waals surface area contributed by atoms with Crippen LogP contribution in [0.1, 0.15) is 5.56 Å². The number of benzene rings is 2. The summed E-state index contributed by atoms with van der Waals surface area (Å²) in [6.45, 7) is -0.544. The summed E-state index contributed by atoms with van der Waals surface area (Å²) < 4.78 is 42.0. The van der Waals surface area contributed by atoms with Crippen LogP contribution in [0.3, 0.4) is 0 Å². The van der Waals surface area contributed by atoms with Gasteiger partial charge in [0.05, 0.1) is 39.0 Å².